The van der Waals surface area contributed by atoms with Crippen LogP contribution in [0.3, 0.4) is 0 Å². The Morgan fingerprint density at radius 3 is 2.70 bits per heavy atom. The van der Waals surface area contributed by atoms with E-state index in [0.29, 0.717) is 0 Å². The number of pyridine rings is 1. The Morgan fingerprint density at radius 2 is 2.00 bits per heavy atom. The summed E-state index contributed by atoms with van der Waals surface area (Å²) >= 11 is 1.58. The summed E-state index contributed by atoms with van der Waals surface area (Å²) in [5, 5.41) is 10.1. The van der Waals surface area contributed by atoms with Crippen LogP contribution >= 0.6 is 11.8 Å². The highest BCUT2D eigenvalue weighted by Crippen LogP contribution is 2.31. The summed E-state index contributed by atoms with van der Waals surface area (Å²) in [4.78, 5) is 16.6. The molecule has 0 fully saturated rings. The summed E-state index contributed by atoms with van der Waals surface area (Å²) in [6.07, 6.45) is 1.72. The summed E-state index contributed by atoms with van der Waals surface area (Å²) < 4.78 is 5.15. The molecule has 116 valence electrons. The van der Waals surface area contributed by atoms with Gasteiger partial charge in [0, 0.05) is 22.2 Å². The van der Waals surface area contributed by atoms with E-state index in [-0.39, 0.29) is 5.56 Å². The van der Waals surface area contributed by atoms with E-state index in [1.54, 1.807) is 37.2 Å². The number of carboxylic acids is 1. The van der Waals surface area contributed by atoms with Crippen molar-refractivity contribution in [2.24, 2.45) is 0 Å². The summed E-state index contributed by atoms with van der Waals surface area (Å²) in [5.41, 5.74) is 2.25. The van der Waals surface area contributed by atoms with E-state index in [0.717, 1.165) is 32.9 Å². The zero-order valence-electron chi connectivity index (χ0n) is 12.5. The van der Waals surface area contributed by atoms with Gasteiger partial charge < -0.3 is 9.84 Å². The average Bonchev–Trinajstić information content (AvgIpc) is 2.59. The molecular weight excluding hydrogens is 310 g/mol. The molecular formula is C18H15NO3S. The Hall–Kier alpha value is -2.53. The number of nitrogens with zero attached hydrogens (tertiary/aromatic N) is 1. The lowest BCUT2D eigenvalue weighted by Crippen LogP contribution is -1.97. The molecule has 1 aromatic heterocycles. The molecule has 0 aliphatic rings. The molecule has 0 atom stereocenters. The number of carbonyl (C=O) groups is 1. The first-order valence-corrected chi connectivity index (χ1v) is 8.04. The van der Waals surface area contributed by atoms with Gasteiger partial charge in [-0.25, -0.2) is 4.79 Å². The number of aromatic carboxylic acids is 1. The van der Waals surface area contributed by atoms with Gasteiger partial charge in [0.2, 0.25) is 0 Å². The molecule has 4 nitrogen and oxygen atoms in total. The molecule has 2 aromatic carbocycles. The highest BCUT2D eigenvalue weighted by molar-refractivity contribution is 7.98. The second-order valence-corrected chi connectivity index (χ2v) is 6.01. The third-order valence-corrected chi connectivity index (χ3v) is 4.57. The first-order chi connectivity index (χ1) is 11.2. The SMILES string of the molecule is COc1ccc(CSc2cc(C(=O)O)cc3cccnc23)cc1. The highest BCUT2D eigenvalue weighted by atomic mass is 32.2. The number of hydrogen-bond donors (Lipinski definition) is 1. The maximum absolute atomic E-state index is 11.3. The summed E-state index contributed by atoms with van der Waals surface area (Å²) in [6, 6.07) is 14.9. The molecule has 0 unspecified atom stereocenters. The van der Waals surface area contributed by atoms with Crippen LogP contribution in [0.4, 0.5) is 0 Å². The van der Waals surface area contributed by atoms with Crippen LogP contribution in [0.2, 0.25) is 0 Å². The molecule has 1 N–H and O–H groups in total. The molecule has 0 saturated heterocycles. The quantitative estimate of drug-likeness (QED) is 0.711. The number of aromatic nitrogens is 1. The van der Waals surface area contributed by atoms with Gasteiger partial charge in [-0.15, -0.1) is 11.8 Å². The third kappa shape index (κ3) is 3.46. The lowest BCUT2D eigenvalue weighted by Gasteiger charge is -2.08. The number of ether oxygens (including phenoxy) is 1. The van der Waals surface area contributed by atoms with Crippen molar-refractivity contribution >= 4 is 28.6 Å². The minimum Gasteiger partial charge on any atom is -0.497 e. The van der Waals surface area contributed by atoms with E-state index in [1.807, 2.05) is 36.4 Å². The average molecular weight is 325 g/mol. The number of methoxy groups -OCH3 is 1. The molecule has 0 bridgehead atoms. The van der Waals surface area contributed by atoms with E-state index >= 15 is 0 Å². The van der Waals surface area contributed by atoms with Crippen molar-refractivity contribution in [3.8, 4) is 5.75 Å². The van der Waals surface area contributed by atoms with E-state index in [4.69, 9.17) is 4.74 Å². The van der Waals surface area contributed by atoms with Gasteiger partial charge in [-0.1, -0.05) is 18.2 Å². The molecule has 0 spiro atoms. The second-order valence-electron chi connectivity index (χ2n) is 4.99. The van der Waals surface area contributed by atoms with Gasteiger partial charge in [-0.2, -0.15) is 0 Å². The van der Waals surface area contributed by atoms with Gasteiger partial charge in [-0.05, 0) is 35.9 Å². The first-order valence-electron chi connectivity index (χ1n) is 7.05. The van der Waals surface area contributed by atoms with Crippen molar-refractivity contribution in [1.82, 2.24) is 4.98 Å². The van der Waals surface area contributed by atoms with Crippen LogP contribution in [0.25, 0.3) is 10.9 Å². The summed E-state index contributed by atoms with van der Waals surface area (Å²) in [6.45, 7) is 0. The van der Waals surface area contributed by atoms with Crippen molar-refractivity contribution in [1.29, 1.82) is 0 Å². The Morgan fingerprint density at radius 1 is 1.22 bits per heavy atom. The minimum atomic E-state index is -0.929. The van der Waals surface area contributed by atoms with Gasteiger partial charge in [-0.3, -0.25) is 4.98 Å². The van der Waals surface area contributed by atoms with Crippen LogP contribution < -0.4 is 4.74 Å². The summed E-state index contributed by atoms with van der Waals surface area (Å²) in [5.74, 6) is 0.624. The van der Waals surface area contributed by atoms with Crippen LogP contribution in [0.15, 0.2) is 59.6 Å². The molecule has 1 heterocycles. The predicted molar refractivity (Wildman–Crippen MR) is 91.3 cm³/mol. The first kappa shape index (κ1) is 15.4. The zero-order valence-corrected chi connectivity index (χ0v) is 13.3. The second kappa shape index (κ2) is 6.71. The lowest BCUT2D eigenvalue weighted by molar-refractivity contribution is 0.0697. The molecule has 0 aliphatic carbocycles. The molecule has 3 aromatic rings. The number of benzene rings is 2. The van der Waals surface area contributed by atoms with Gasteiger partial charge in [0.1, 0.15) is 5.75 Å². The Labute approximate surface area is 138 Å². The van der Waals surface area contributed by atoms with E-state index in [9.17, 15) is 9.90 Å². The molecule has 0 amide bonds. The molecule has 0 aliphatic heterocycles. The maximum atomic E-state index is 11.3. The number of hydrogen-bond acceptors (Lipinski definition) is 4. The van der Waals surface area contributed by atoms with Crippen molar-refractivity contribution in [2.75, 3.05) is 7.11 Å². The Kier molecular flexibility index (Phi) is 4.48. The van der Waals surface area contributed by atoms with Crippen molar-refractivity contribution in [3.63, 3.8) is 0 Å². The Balaban J connectivity index is 1.90. The van der Waals surface area contributed by atoms with Gasteiger partial charge in [0.05, 0.1) is 18.2 Å². The van der Waals surface area contributed by atoms with E-state index in [2.05, 4.69) is 4.98 Å². The fourth-order valence-electron chi connectivity index (χ4n) is 2.28. The fourth-order valence-corrected chi connectivity index (χ4v) is 3.31. The van der Waals surface area contributed by atoms with Crippen LogP contribution in [0.1, 0.15) is 15.9 Å². The van der Waals surface area contributed by atoms with Gasteiger partial charge in [0.15, 0.2) is 0 Å². The van der Waals surface area contributed by atoms with Crippen LogP contribution in [-0.2, 0) is 5.75 Å². The minimum absolute atomic E-state index is 0.280. The molecule has 5 heteroatoms. The number of carboxylic acid groups (broad SMARTS) is 1. The molecule has 0 saturated carbocycles. The van der Waals surface area contributed by atoms with Crippen LogP contribution in [-0.4, -0.2) is 23.2 Å². The predicted octanol–water partition coefficient (Wildman–Crippen LogP) is 4.23. The van der Waals surface area contributed by atoms with Crippen LogP contribution in [0, 0.1) is 0 Å². The molecule has 0 radical (unpaired) electrons. The van der Waals surface area contributed by atoms with E-state index in [1.165, 1.54) is 0 Å². The van der Waals surface area contributed by atoms with Crippen molar-refractivity contribution in [3.05, 3.63) is 65.9 Å². The monoisotopic (exact) mass is 325 g/mol. The zero-order chi connectivity index (χ0) is 16.2. The van der Waals surface area contributed by atoms with E-state index < -0.39 is 5.97 Å². The molecule has 23 heavy (non-hydrogen) atoms. The third-order valence-electron chi connectivity index (χ3n) is 3.47. The number of rotatable bonds is 5. The highest BCUT2D eigenvalue weighted by Gasteiger charge is 2.10. The van der Waals surface area contributed by atoms with Crippen molar-refractivity contribution in [2.45, 2.75) is 10.6 Å². The summed E-state index contributed by atoms with van der Waals surface area (Å²) in [7, 11) is 1.64. The van der Waals surface area contributed by atoms with Crippen LogP contribution in [0.5, 0.6) is 5.75 Å². The normalized spacial score (nSPS) is 10.7. The Bertz CT molecular complexity index is 847. The van der Waals surface area contributed by atoms with Crippen molar-refractivity contribution < 1.29 is 14.6 Å². The smallest absolute Gasteiger partial charge is 0.335 e. The fraction of sp³-hybridized carbons (Fsp3) is 0.111. The standard InChI is InChI=1S/C18H15NO3S/c1-22-15-6-4-12(5-7-15)11-23-16-10-14(18(20)21)9-13-3-2-8-19-17(13)16/h2-10H,11H2,1H3,(H,20,21). The van der Waals surface area contributed by atoms with Gasteiger partial charge in [0.25, 0.3) is 0 Å². The maximum Gasteiger partial charge on any atom is 0.335 e. The lowest BCUT2D eigenvalue weighted by atomic mass is 10.1. The largest absolute Gasteiger partial charge is 0.497 e. The number of fused-ring (bicyclic) bond motifs is 1. The molecule has 3 rings (SSSR count). The topological polar surface area (TPSA) is 59.4 Å². The number of thioether (sulfide) groups is 1. The van der Waals surface area contributed by atoms with Gasteiger partial charge >= 0.3 is 5.97 Å².